The van der Waals surface area contributed by atoms with Crippen LogP contribution in [0.1, 0.15) is 0 Å². The van der Waals surface area contributed by atoms with E-state index in [9.17, 15) is 20.2 Å². The molecule has 0 radical (unpaired) electrons. The summed E-state index contributed by atoms with van der Waals surface area (Å²) in [6.45, 7) is 0. The first-order chi connectivity index (χ1) is 12.5. The van der Waals surface area contributed by atoms with Crippen molar-refractivity contribution in [3.63, 3.8) is 0 Å². The second-order valence-corrected chi connectivity index (χ2v) is 5.40. The molecule has 8 nitrogen and oxygen atoms in total. The second kappa shape index (κ2) is 7.31. The molecule has 0 saturated heterocycles. The fourth-order valence-electron chi connectivity index (χ4n) is 2.35. The van der Waals surface area contributed by atoms with Crippen LogP contribution in [0.15, 0.2) is 72.8 Å². The van der Waals surface area contributed by atoms with Gasteiger partial charge in [0.05, 0.1) is 21.2 Å². The van der Waals surface area contributed by atoms with Crippen molar-refractivity contribution in [1.82, 2.24) is 0 Å². The first-order valence-corrected chi connectivity index (χ1v) is 7.65. The summed E-state index contributed by atoms with van der Waals surface area (Å²) >= 11 is 0. The highest BCUT2D eigenvalue weighted by atomic mass is 16.6. The number of nitro benzene ring substituents is 2. The van der Waals surface area contributed by atoms with E-state index in [1.165, 1.54) is 24.3 Å². The van der Waals surface area contributed by atoms with E-state index in [0.717, 1.165) is 11.4 Å². The molecule has 0 bridgehead atoms. The Labute approximate surface area is 148 Å². The number of anilines is 4. The topological polar surface area (TPSA) is 110 Å². The number of benzene rings is 3. The molecule has 0 unspecified atom stereocenters. The Bertz CT molecular complexity index is 862. The molecular weight excluding hydrogens is 336 g/mol. The van der Waals surface area contributed by atoms with Gasteiger partial charge in [-0.25, -0.2) is 0 Å². The molecule has 0 spiro atoms. The van der Waals surface area contributed by atoms with Gasteiger partial charge in [-0.15, -0.1) is 0 Å². The summed E-state index contributed by atoms with van der Waals surface area (Å²) in [7, 11) is 0. The van der Waals surface area contributed by atoms with Gasteiger partial charge in [0, 0.05) is 35.6 Å². The predicted octanol–water partition coefficient (Wildman–Crippen LogP) is 4.99. The molecule has 8 heteroatoms. The highest BCUT2D eigenvalue weighted by molar-refractivity contribution is 5.78. The average molecular weight is 350 g/mol. The van der Waals surface area contributed by atoms with Gasteiger partial charge in [-0.1, -0.05) is 12.1 Å². The third-order valence-electron chi connectivity index (χ3n) is 3.64. The fraction of sp³-hybridized carbons (Fsp3) is 0. The van der Waals surface area contributed by atoms with Crippen molar-refractivity contribution in [1.29, 1.82) is 0 Å². The molecule has 0 aliphatic heterocycles. The SMILES string of the molecule is O=[N+]([O-])c1ccc(Nc2ccccc2Nc2ccc([N+](=O)[O-])cc2)cc1. The Morgan fingerprint density at radius 3 is 1.23 bits per heavy atom. The number of rotatable bonds is 6. The average Bonchev–Trinajstić information content (AvgIpc) is 2.64. The molecule has 0 heterocycles. The van der Waals surface area contributed by atoms with Crippen molar-refractivity contribution in [2.45, 2.75) is 0 Å². The maximum atomic E-state index is 10.7. The summed E-state index contributed by atoms with van der Waals surface area (Å²) in [5.41, 5.74) is 2.97. The van der Waals surface area contributed by atoms with Crippen LogP contribution in [0, 0.1) is 20.2 Å². The van der Waals surface area contributed by atoms with Crippen molar-refractivity contribution in [2.24, 2.45) is 0 Å². The number of hydrogen-bond acceptors (Lipinski definition) is 6. The Kier molecular flexibility index (Phi) is 4.75. The Hall–Kier alpha value is -3.94. The minimum atomic E-state index is -0.451. The molecule has 0 saturated carbocycles. The molecular formula is C18H14N4O4. The van der Waals surface area contributed by atoms with Gasteiger partial charge in [-0.3, -0.25) is 20.2 Å². The summed E-state index contributed by atoms with van der Waals surface area (Å²) in [5.74, 6) is 0. The third-order valence-corrected chi connectivity index (χ3v) is 3.64. The van der Waals surface area contributed by atoms with Gasteiger partial charge in [0.15, 0.2) is 0 Å². The number of nitro groups is 2. The fourth-order valence-corrected chi connectivity index (χ4v) is 2.35. The summed E-state index contributed by atoms with van der Waals surface area (Å²) < 4.78 is 0. The van der Waals surface area contributed by atoms with Gasteiger partial charge in [0.25, 0.3) is 11.4 Å². The molecule has 0 atom stereocenters. The van der Waals surface area contributed by atoms with E-state index < -0.39 is 9.85 Å². The lowest BCUT2D eigenvalue weighted by molar-refractivity contribution is -0.385. The van der Waals surface area contributed by atoms with E-state index in [-0.39, 0.29) is 11.4 Å². The summed E-state index contributed by atoms with van der Waals surface area (Å²) in [6.07, 6.45) is 0. The number of non-ortho nitro benzene ring substituents is 2. The number of nitrogens with zero attached hydrogens (tertiary/aromatic N) is 2. The zero-order chi connectivity index (χ0) is 18.5. The minimum absolute atomic E-state index is 0.0211. The lowest BCUT2D eigenvalue weighted by Crippen LogP contribution is -1.98. The van der Waals surface area contributed by atoms with Crippen LogP contribution in [0.3, 0.4) is 0 Å². The predicted molar refractivity (Wildman–Crippen MR) is 99.2 cm³/mol. The lowest BCUT2D eigenvalue weighted by atomic mass is 10.2. The van der Waals surface area contributed by atoms with Crippen molar-refractivity contribution in [3.8, 4) is 0 Å². The molecule has 3 rings (SSSR count). The first kappa shape index (κ1) is 16.9. The highest BCUT2D eigenvalue weighted by Crippen LogP contribution is 2.29. The van der Waals surface area contributed by atoms with Gasteiger partial charge >= 0.3 is 0 Å². The van der Waals surface area contributed by atoms with Crippen LogP contribution in [0.25, 0.3) is 0 Å². The zero-order valence-corrected chi connectivity index (χ0v) is 13.5. The molecule has 0 amide bonds. The highest BCUT2D eigenvalue weighted by Gasteiger charge is 2.08. The van der Waals surface area contributed by atoms with Gasteiger partial charge in [0.2, 0.25) is 0 Å². The molecule has 0 aromatic heterocycles. The van der Waals surface area contributed by atoms with Gasteiger partial charge in [0.1, 0.15) is 0 Å². The first-order valence-electron chi connectivity index (χ1n) is 7.65. The standard InChI is InChI=1S/C18H14N4O4/c23-21(24)15-9-5-13(6-10-15)19-17-3-1-2-4-18(17)20-14-7-11-16(12-8-14)22(25)26/h1-12,19-20H. The molecule has 3 aromatic rings. The van der Waals surface area contributed by atoms with E-state index in [0.29, 0.717) is 11.4 Å². The number of para-hydroxylation sites is 2. The third kappa shape index (κ3) is 3.93. The van der Waals surface area contributed by atoms with E-state index in [1.807, 2.05) is 24.3 Å². The van der Waals surface area contributed by atoms with Crippen LogP contribution in [-0.2, 0) is 0 Å². The molecule has 0 fully saturated rings. The maximum absolute atomic E-state index is 10.7. The van der Waals surface area contributed by atoms with Crippen molar-refractivity contribution >= 4 is 34.1 Å². The van der Waals surface area contributed by atoms with E-state index >= 15 is 0 Å². The number of hydrogen-bond donors (Lipinski definition) is 2. The van der Waals surface area contributed by atoms with E-state index in [1.54, 1.807) is 24.3 Å². The van der Waals surface area contributed by atoms with Crippen molar-refractivity contribution in [2.75, 3.05) is 10.6 Å². The molecule has 26 heavy (non-hydrogen) atoms. The summed E-state index contributed by atoms with van der Waals surface area (Å²) in [6, 6.07) is 19.6. The largest absolute Gasteiger partial charge is 0.354 e. The molecule has 130 valence electrons. The van der Waals surface area contributed by atoms with Crippen molar-refractivity contribution in [3.05, 3.63) is 93.0 Å². The van der Waals surface area contributed by atoms with Crippen LogP contribution in [0.2, 0.25) is 0 Å². The van der Waals surface area contributed by atoms with E-state index in [4.69, 9.17) is 0 Å². The monoisotopic (exact) mass is 350 g/mol. The normalized spacial score (nSPS) is 10.2. The second-order valence-electron chi connectivity index (χ2n) is 5.40. The maximum Gasteiger partial charge on any atom is 0.269 e. The Balaban J connectivity index is 1.79. The van der Waals surface area contributed by atoms with Gasteiger partial charge in [-0.05, 0) is 36.4 Å². The van der Waals surface area contributed by atoms with Crippen LogP contribution in [0.5, 0.6) is 0 Å². The molecule has 3 aromatic carbocycles. The summed E-state index contributed by atoms with van der Waals surface area (Å²) in [4.78, 5) is 20.6. The lowest BCUT2D eigenvalue weighted by Gasteiger charge is -2.14. The minimum Gasteiger partial charge on any atom is -0.354 e. The zero-order valence-electron chi connectivity index (χ0n) is 13.5. The van der Waals surface area contributed by atoms with E-state index in [2.05, 4.69) is 10.6 Å². The molecule has 0 aliphatic carbocycles. The molecule has 2 N–H and O–H groups in total. The van der Waals surface area contributed by atoms with Crippen LogP contribution in [-0.4, -0.2) is 9.85 Å². The van der Waals surface area contributed by atoms with Crippen molar-refractivity contribution < 1.29 is 9.85 Å². The van der Waals surface area contributed by atoms with Crippen LogP contribution in [0.4, 0.5) is 34.1 Å². The Morgan fingerprint density at radius 1 is 0.577 bits per heavy atom. The van der Waals surface area contributed by atoms with Gasteiger partial charge in [-0.2, -0.15) is 0 Å². The van der Waals surface area contributed by atoms with Gasteiger partial charge < -0.3 is 10.6 Å². The van der Waals surface area contributed by atoms with Crippen LogP contribution >= 0.6 is 0 Å². The molecule has 0 aliphatic rings. The van der Waals surface area contributed by atoms with Crippen LogP contribution < -0.4 is 10.6 Å². The number of nitrogens with one attached hydrogen (secondary N) is 2. The Morgan fingerprint density at radius 2 is 0.923 bits per heavy atom. The summed E-state index contributed by atoms with van der Waals surface area (Å²) in [5, 5.41) is 27.8. The smallest absolute Gasteiger partial charge is 0.269 e. The quantitative estimate of drug-likeness (QED) is 0.478.